The maximum atomic E-state index is 14.8. The predicted molar refractivity (Wildman–Crippen MR) is 159 cm³/mol. The van der Waals surface area contributed by atoms with Crippen molar-refractivity contribution in [2.75, 3.05) is 10.2 Å². The molecule has 3 aliphatic heterocycles. The lowest BCUT2D eigenvalue weighted by atomic mass is 9.64. The molecule has 4 aromatic rings. The van der Waals surface area contributed by atoms with Gasteiger partial charge in [0.1, 0.15) is 11.5 Å². The number of carbonyl (C=O) groups is 3. The van der Waals surface area contributed by atoms with Crippen LogP contribution < -0.4 is 10.2 Å². The Morgan fingerprint density at radius 3 is 2.45 bits per heavy atom. The predicted octanol–water partition coefficient (Wildman–Crippen LogP) is 6.10. The number of nitro benzene ring substituents is 1. The van der Waals surface area contributed by atoms with Gasteiger partial charge in [0.05, 0.1) is 21.9 Å². The lowest BCUT2D eigenvalue weighted by molar-refractivity contribution is -0.384. The van der Waals surface area contributed by atoms with Crippen LogP contribution in [-0.2, 0) is 10.2 Å². The second-order valence-corrected chi connectivity index (χ2v) is 11.0. The van der Waals surface area contributed by atoms with E-state index in [-0.39, 0.29) is 21.8 Å². The summed E-state index contributed by atoms with van der Waals surface area (Å²) in [5, 5.41) is 14.8. The number of hydrogen-bond acceptors (Lipinski definition) is 6. The van der Waals surface area contributed by atoms with E-state index in [9.17, 15) is 24.5 Å². The van der Waals surface area contributed by atoms with Crippen LogP contribution in [-0.4, -0.2) is 34.5 Å². The third kappa shape index (κ3) is 3.51. The topological polar surface area (TPSA) is 110 Å². The molecule has 42 heavy (non-hydrogen) atoms. The maximum absolute atomic E-state index is 14.8. The fourth-order valence-corrected chi connectivity index (χ4v) is 7.12. The van der Waals surface area contributed by atoms with Crippen LogP contribution >= 0.6 is 11.6 Å². The monoisotopic (exact) mass is 575 g/mol. The standard InChI is InChI=1S/C33H22ClN3O5/c34-24-13-4-2-11-22(24)31(39)29-28(30(38)20-9-7-10-21(18-20)37(41)42)33(23-12-3-5-14-25(23)35-32(33)40)27-17-16-19-8-1-6-15-26(19)36(27)29/h1-18,27-29H,(H,35,40)/t27-,28-,29+,33+/m1/s1. The number of halogens is 1. The van der Waals surface area contributed by atoms with E-state index in [4.69, 9.17) is 11.6 Å². The first-order valence-corrected chi connectivity index (χ1v) is 13.8. The average molecular weight is 576 g/mol. The van der Waals surface area contributed by atoms with Crippen LogP contribution in [0.1, 0.15) is 31.8 Å². The van der Waals surface area contributed by atoms with E-state index in [1.165, 1.54) is 24.3 Å². The summed E-state index contributed by atoms with van der Waals surface area (Å²) >= 11 is 6.54. The maximum Gasteiger partial charge on any atom is 0.270 e. The Morgan fingerprint density at radius 2 is 1.64 bits per heavy atom. The number of nitrogens with one attached hydrogen (secondary N) is 1. The van der Waals surface area contributed by atoms with Crippen LogP contribution in [0.5, 0.6) is 0 Å². The van der Waals surface area contributed by atoms with Crippen molar-refractivity contribution in [1.29, 1.82) is 0 Å². The number of para-hydroxylation sites is 2. The number of amides is 1. The summed E-state index contributed by atoms with van der Waals surface area (Å²) in [6.45, 7) is 0. The molecule has 1 amide bonds. The van der Waals surface area contributed by atoms with E-state index in [2.05, 4.69) is 5.32 Å². The zero-order chi connectivity index (χ0) is 29.2. The van der Waals surface area contributed by atoms with Gasteiger partial charge in [-0.05, 0) is 35.4 Å². The second-order valence-electron chi connectivity index (χ2n) is 10.6. The number of ketones is 2. The normalized spacial score (nSPS) is 23.2. The smallest absolute Gasteiger partial charge is 0.270 e. The van der Waals surface area contributed by atoms with Gasteiger partial charge >= 0.3 is 0 Å². The van der Waals surface area contributed by atoms with E-state index in [0.717, 1.165) is 5.56 Å². The molecule has 3 aliphatic rings. The molecule has 1 spiro atoms. The number of benzene rings is 4. The molecule has 206 valence electrons. The van der Waals surface area contributed by atoms with Crippen molar-refractivity contribution in [3.63, 3.8) is 0 Å². The van der Waals surface area contributed by atoms with Gasteiger partial charge in [-0.3, -0.25) is 24.5 Å². The Morgan fingerprint density at radius 1 is 0.905 bits per heavy atom. The highest BCUT2D eigenvalue weighted by atomic mass is 35.5. The van der Waals surface area contributed by atoms with Crippen molar-refractivity contribution in [2.45, 2.75) is 17.5 Å². The summed E-state index contributed by atoms with van der Waals surface area (Å²) in [7, 11) is 0. The summed E-state index contributed by atoms with van der Waals surface area (Å²) in [6.07, 6.45) is 3.78. The van der Waals surface area contributed by atoms with E-state index in [0.29, 0.717) is 16.9 Å². The minimum Gasteiger partial charge on any atom is -0.352 e. The molecule has 1 N–H and O–H groups in total. The molecule has 1 saturated heterocycles. The lowest BCUT2D eigenvalue weighted by Crippen LogP contribution is -2.51. The molecule has 3 heterocycles. The minimum absolute atomic E-state index is 0.0415. The van der Waals surface area contributed by atoms with Gasteiger partial charge in [-0.2, -0.15) is 0 Å². The summed E-state index contributed by atoms with van der Waals surface area (Å²) in [5.41, 5.74) is 1.14. The van der Waals surface area contributed by atoms with Gasteiger partial charge in [0.25, 0.3) is 5.69 Å². The quantitative estimate of drug-likeness (QED) is 0.175. The summed E-state index contributed by atoms with van der Waals surface area (Å²) < 4.78 is 0. The fourth-order valence-electron chi connectivity index (χ4n) is 6.89. The molecule has 8 nitrogen and oxygen atoms in total. The molecule has 0 radical (unpaired) electrons. The van der Waals surface area contributed by atoms with E-state index in [1.807, 2.05) is 41.3 Å². The number of carbonyl (C=O) groups excluding carboxylic acids is 3. The molecule has 9 heteroatoms. The molecule has 0 bridgehead atoms. The van der Waals surface area contributed by atoms with Crippen LogP contribution in [0.25, 0.3) is 6.08 Å². The van der Waals surface area contributed by atoms with Crippen molar-refractivity contribution in [2.24, 2.45) is 5.92 Å². The van der Waals surface area contributed by atoms with Crippen LogP contribution in [0, 0.1) is 16.0 Å². The Kier molecular flexibility index (Phi) is 5.85. The molecule has 0 aliphatic carbocycles. The van der Waals surface area contributed by atoms with Crippen molar-refractivity contribution in [3.8, 4) is 0 Å². The first kappa shape index (κ1) is 25.9. The minimum atomic E-state index is -1.52. The Bertz CT molecular complexity index is 1870. The van der Waals surface area contributed by atoms with Crippen molar-refractivity contribution < 1.29 is 19.3 Å². The third-order valence-electron chi connectivity index (χ3n) is 8.57. The summed E-state index contributed by atoms with van der Waals surface area (Å²) in [6, 6.07) is 24.8. The SMILES string of the molecule is O=C(c1ccccc1Cl)[C@@H]1[C@H](C(=O)c2cccc([N+](=O)[O-])c2)[C@@]2(C(=O)Nc3ccccc32)[C@H]2C=Cc3ccccc3N12. The van der Waals surface area contributed by atoms with Gasteiger partial charge in [-0.15, -0.1) is 0 Å². The Labute approximate surface area is 245 Å². The average Bonchev–Trinajstić information content (AvgIpc) is 3.49. The second kappa shape index (κ2) is 9.49. The highest BCUT2D eigenvalue weighted by molar-refractivity contribution is 6.34. The zero-order valence-corrected chi connectivity index (χ0v) is 22.7. The van der Waals surface area contributed by atoms with E-state index in [1.54, 1.807) is 48.5 Å². The van der Waals surface area contributed by atoms with Crippen LogP contribution in [0.3, 0.4) is 0 Å². The number of anilines is 2. The van der Waals surface area contributed by atoms with Gasteiger partial charge in [0, 0.05) is 34.6 Å². The van der Waals surface area contributed by atoms with E-state index < -0.39 is 45.8 Å². The highest BCUT2D eigenvalue weighted by Gasteiger charge is 2.70. The van der Waals surface area contributed by atoms with Gasteiger partial charge in [0.15, 0.2) is 11.6 Å². The van der Waals surface area contributed by atoms with Crippen LogP contribution in [0.15, 0.2) is 103 Å². The number of hydrogen-bond donors (Lipinski definition) is 1. The number of fused-ring (bicyclic) bond motifs is 6. The van der Waals surface area contributed by atoms with Crippen LogP contribution in [0.4, 0.5) is 17.1 Å². The van der Waals surface area contributed by atoms with E-state index >= 15 is 0 Å². The van der Waals surface area contributed by atoms with Crippen LogP contribution in [0.2, 0.25) is 5.02 Å². The Balaban J connectivity index is 1.55. The third-order valence-corrected chi connectivity index (χ3v) is 8.90. The summed E-state index contributed by atoms with van der Waals surface area (Å²) in [4.78, 5) is 56.7. The van der Waals surface area contributed by atoms with Crippen molar-refractivity contribution >= 4 is 52.2 Å². The van der Waals surface area contributed by atoms with Gasteiger partial charge in [-0.25, -0.2) is 0 Å². The fraction of sp³-hybridized carbons (Fsp3) is 0.121. The number of nitro groups is 1. The van der Waals surface area contributed by atoms with Gasteiger partial charge in [0.2, 0.25) is 5.91 Å². The summed E-state index contributed by atoms with van der Waals surface area (Å²) in [5.74, 6) is -2.64. The van der Waals surface area contributed by atoms with Gasteiger partial charge < -0.3 is 10.2 Å². The molecule has 7 rings (SSSR count). The molecular weight excluding hydrogens is 554 g/mol. The Hall–Kier alpha value is -5.08. The molecular formula is C33H22ClN3O5. The van der Waals surface area contributed by atoms with Crippen molar-refractivity contribution in [1.82, 2.24) is 0 Å². The molecule has 4 atom stereocenters. The molecule has 0 saturated carbocycles. The van der Waals surface area contributed by atoms with Gasteiger partial charge in [-0.1, -0.05) is 84.4 Å². The zero-order valence-electron chi connectivity index (χ0n) is 21.9. The van der Waals surface area contributed by atoms with Crippen molar-refractivity contribution in [3.05, 3.63) is 141 Å². The first-order valence-electron chi connectivity index (χ1n) is 13.4. The first-order chi connectivity index (χ1) is 20.3. The lowest BCUT2D eigenvalue weighted by Gasteiger charge is -2.37. The number of non-ortho nitro benzene ring substituents is 1. The molecule has 1 fully saturated rings. The largest absolute Gasteiger partial charge is 0.352 e. The number of Topliss-reactive ketones (excluding diaryl/α,β-unsaturated/α-hetero) is 2. The number of nitrogens with zero attached hydrogens (tertiary/aromatic N) is 2. The highest BCUT2D eigenvalue weighted by Crippen LogP contribution is 2.58. The molecule has 0 unspecified atom stereocenters. The molecule has 4 aromatic carbocycles. The molecule has 0 aromatic heterocycles. The number of rotatable bonds is 5.